The van der Waals surface area contributed by atoms with Crippen molar-refractivity contribution >= 4 is 69.1 Å². The lowest BCUT2D eigenvalue weighted by atomic mass is 9.87. The maximum absolute atomic E-state index is 12.8. The third-order valence-electron chi connectivity index (χ3n) is 12.6. The monoisotopic (exact) mass is 1130 g/mol. The fourth-order valence-corrected chi connectivity index (χ4v) is 11.9. The minimum Gasteiger partial charge on any atom is -0.386 e. The highest BCUT2D eigenvalue weighted by atomic mass is 32.2. The lowest BCUT2D eigenvalue weighted by Crippen LogP contribution is -2.46. The summed E-state index contributed by atoms with van der Waals surface area (Å²) >= 11 is 1.16. The van der Waals surface area contributed by atoms with Gasteiger partial charge in [0.1, 0.15) is 36.3 Å². The van der Waals surface area contributed by atoms with E-state index >= 15 is 0 Å². The third-order valence-corrected chi connectivity index (χ3v) is 16.7. The summed E-state index contributed by atoms with van der Waals surface area (Å²) < 4.78 is 62.6. The van der Waals surface area contributed by atoms with E-state index in [1.54, 1.807) is 0 Å². The molecule has 1 saturated heterocycles. The van der Waals surface area contributed by atoms with Gasteiger partial charge in [-0.25, -0.2) is 28.6 Å². The minimum absolute atomic E-state index is 0.0345. The maximum Gasteiger partial charge on any atom is 0.481 e. The molecule has 8 unspecified atom stereocenters. The Hall–Kier alpha value is -2.44. The van der Waals surface area contributed by atoms with Gasteiger partial charge in [-0.05, 0) is 12.3 Å². The molecule has 426 valence electrons. The molecule has 1 aliphatic heterocycles. The molecule has 24 nitrogen and oxygen atoms in total. The first-order valence-electron chi connectivity index (χ1n) is 26.0. The van der Waals surface area contributed by atoms with Crippen molar-refractivity contribution in [3.8, 4) is 0 Å². The molecule has 1 aliphatic rings. The SMILES string of the molecule is CCCCCCCCCCCCC(C)CCCCCCCCCCC(=O)SCCNC(=O)CCNC(=O)C(O)C(C)(C)COP(=O)(O)OP(=O)(O)OCC1OC(n2cnc3c(N)ncnc32)C(O)C1OP(=O)(O)O. The van der Waals surface area contributed by atoms with Crippen molar-refractivity contribution in [2.75, 3.05) is 37.8 Å². The number of nitrogen functional groups attached to an aromatic ring is 1. The molecule has 74 heavy (non-hydrogen) atoms. The van der Waals surface area contributed by atoms with Crippen LogP contribution in [0.15, 0.2) is 12.7 Å². The highest BCUT2D eigenvalue weighted by Gasteiger charge is 2.50. The first-order chi connectivity index (χ1) is 34.9. The van der Waals surface area contributed by atoms with Gasteiger partial charge in [0.15, 0.2) is 22.8 Å². The molecule has 3 rings (SSSR count). The van der Waals surface area contributed by atoms with Gasteiger partial charge in [0.25, 0.3) is 0 Å². The largest absolute Gasteiger partial charge is 0.481 e. The Balaban J connectivity index is 1.23. The van der Waals surface area contributed by atoms with E-state index in [4.69, 9.17) is 19.5 Å². The Labute approximate surface area is 439 Å². The number of carbonyl (C=O) groups excluding carboxylic acids is 3. The molecule has 28 heteroatoms. The van der Waals surface area contributed by atoms with Crippen LogP contribution in [0.3, 0.4) is 0 Å². The maximum atomic E-state index is 12.8. The summed E-state index contributed by atoms with van der Waals surface area (Å²) in [5.41, 5.74) is 4.30. The summed E-state index contributed by atoms with van der Waals surface area (Å²) in [7, 11) is -16.4. The number of hydrogen-bond donors (Lipinski definition) is 9. The summed E-state index contributed by atoms with van der Waals surface area (Å²) in [5, 5.41) is 26.7. The second-order valence-electron chi connectivity index (χ2n) is 19.7. The summed E-state index contributed by atoms with van der Waals surface area (Å²) in [6, 6.07) is 0. The number of aromatic nitrogens is 4. The number of nitrogens with one attached hydrogen (secondary N) is 2. The van der Waals surface area contributed by atoms with Crippen LogP contribution in [0.25, 0.3) is 11.2 Å². The number of thioether (sulfide) groups is 1. The fourth-order valence-electron chi connectivity index (χ4n) is 8.31. The number of aliphatic hydroxyl groups is 2. The molecular weight excluding hydrogens is 1050 g/mol. The van der Waals surface area contributed by atoms with E-state index in [1.165, 1.54) is 123 Å². The molecule has 1 fully saturated rings. The number of nitrogens with zero attached hydrogens (tertiary/aromatic N) is 4. The smallest absolute Gasteiger partial charge is 0.386 e. The van der Waals surface area contributed by atoms with Gasteiger partial charge in [0, 0.05) is 37.1 Å². The predicted molar refractivity (Wildman–Crippen MR) is 279 cm³/mol. The number of phosphoric ester groups is 3. The van der Waals surface area contributed by atoms with E-state index in [0.29, 0.717) is 12.2 Å². The number of phosphoric acid groups is 3. The van der Waals surface area contributed by atoms with Gasteiger partial charge < -0.3 is 50.9 Å². The summed E-state index contributed by atoms with van der Waals surface area (Å²) in [4.78, 5) is 88.7. The Bertz CT molecular complexity index is 2140. The van der Waals surface area contributed by atoms with Crippen molar-refractivity contribution in [2.45, 2.75) is 200 Å². The average molecular weight is 1130 g/mol. The Kier molecular flexibility index (Phi) is 30.0. The Morgan fingerprint density at radius 2 is 1.38 bits per heavy atom. The highest BCUT2D eigenvalue weighted by molar-refractivity contribution is 8.13. The van der Waals surface area contributed by atoms with E-state index in [-0.39, 0.29) is 41.6 Å². The van der Waals surface area contributed by atoms with Crippen molar-refractivity contribution in [2.24, 2.45) is 11.3 Å². The third kappa shape index (κ3) is 25.8. The number of imidazole rings is 1. The number of nitrogens with two attached hydrogens (primary N) is 1. The van der Waals surface area contributed by atoms with Crippen molar-refractivity contribution in [1.82, 2.24) is 30.2 Å². The van der Waals surface area contributed by atoms with Gasteiger partial charge in [-0.2, -0.15) is 4.31 Å². The summed E-state index contributed by atoms with van der Waals surface area (Å²) in [6.07, 6.45) is 19.4. The van der Waals surface area contributed by atoms with Crippen molar-refractivity contribution in [3.05, 3.63) is 12.7 Å². The molecule has 0 aromatic carbocycles. The molecule has 0 radical (unpaired) electrons. The van der Waals surface area contributed by atoms with E-state index in [9.17, 15) is 57.9 Å². The number of amides is 2. The number of fused-ring (bicyclic) bond motifs is 1. The molecule has 2 aromatic rings. The zero-order valence-corrected chi connectivity index (χ0v) is 47.0. The highest BCUT2D eigenvalue weighted by Crippen LogP contribution is 2.61. The van der Waals surface area contributed by atoms with E-state index in [2.05, 4.69) is 48.3 Å². The molecule has 2 amide bonds. The zero-order chi connectivity index (χ0) is 54.8. The predicted octanol–water partition coefficient (Wildman–Crippen LogP) is 7.51. The van der Waals surface area contributed by atoms with Gasteiger partial charge in [-0.1, -0.05) is 161 Å². The number of hydrogen-bond acceptors (Lipinski definition) is 18. The van der Waals surface area contributed by atoms with Gasteiger partial charge in [-0.15, -0.1) is 0 Å². The topological polar surface area (TPSA) is 364 Å². The van der Waals surface area contributed by atoms with Crippen LogP contribution in [0.2, 0.25) is 0 Å². The zero-order valence-electron chi connectivity index (χ0n) is 43.5. The Morgan fingerprint density at radius 1 is 0.811 bits per heavy atom. The molecule has 0 bridgehead atoms. The normalized spacial score (nSPS) is 19.8. The first-order valence-corrected chi connectivity index (χ1v) is 31.5. The van der Waals surface area contributed by atoms with E-state index in [0.717, 1.165) is 54.2 Å². The number of anilines is 1. The molecule has 2 aromatic heterocycles. The molecule has 8 atom stereocenters. The molecule has 10 N–H and O–H groups in total. The second kappa shape index (κ2) is 33.8. The fraction of sp³-hybridized carbons (Fsp3) is 0.826. The lowest BCUT2D eigenvalue weighted by molar-refractivity contribution is -0.137. The quantitative estimate of drug-likeness (QED) is 0.0230. The first kappa shape index (κ1) is 65.8. The van der Waals surface area contributed by atoms with Gasteiger partial charge >= 0.3 is 23.5 Å². The van der Waals surface area contributed by atoms with Crippen LogP contribution in [-0.4, -0.2) is 123 Å². The molecular formula is C46H84N7O17P3S. The minimum atomic E-state index is -5.58. The lowest BCUT2D eigenvalue weighted by Gasteiger charge is -2.30. The second-order valence-corrected chi connectivity index (χ2v) is 25.1. The van der Waals surface area contributed by atoms with E-state index in [1.807, 2.05) is 0 Å². The van der Waals surface area contributed by atoms with Crippen LogP contribution in [0.4, 0.5) is 5.82 Å². The van der Waals surface area contributed by atoms with Gasteiger partial charge in [0.05, 0.1) is 19.5 Å². The van der Waals surface area contributed by atoms with Crippen molar-refractivity contribution < 1.29 is 80.5 Å². The van der Waals surface area contributed by atoms with Crippen LogP contribution in [-0.2, 0) is 50.7 Å². The number of carbonyl (C=O) groups is 3. The summed E-state index contributed by atoms with van der Waals surface area (Å²) in [5.74, 6) is -0.192. The standard InChI is InChI=1S/C46H84N7O17P3S/c1-5-6-7-8-9-10-11-14-17-20-23-34(2)24-21-18-15-12-13-16-19-22-25-37(55)74-29-28-48-36(54)26-27-49-44(58)41(57)46(3,4)31-67-73(64,65)70-72(62,63)66-30-35-40(69-71(59,60)61)39(56)45(68-35)53-33-52-38-42(47)50-32-51-43(38)53/h32-35,39-41,45,56-57H,5-31H2,1-4H3,(H,48,54)(H,49,58)(H,62,63)(H,64,65)(H2,47,50,51)(H2,59,60,61). The van der Waals surface area contributed by atoms with Crippen molar-refractivity contribution in [3.63, 3.8) is 0 Å². The number of aliphatic hydroxyl groups excluding tert-OH is 2. The van der Waals surface area contributed by atoms with E-state index < -0.39 is 84.6 Å². The molecule has 0 aliphatic carbocycles. The molecule has 0 spiro atoms. The molecule has 3 heterocycles. The number of ether oxygens (including phenoxy) is 1. The van der Waals surface area contributed by atoms with Crippen LogP contribution in [0.5, 0.6) is 0 Å². The number of rotatable bonds is 41. The van der Waals surface area contributed by atoms with Gasteiger partial charge in [0.2, 0.25) is 11.8 Å². The van der Waals surface area contributed by atoms with Crippen LogP contribution in [0, 0.1) is 11.3 Å². The van der Waals surface area contributed by atoms with Crippen molar-refractivity contribution in [1.29, 1.82) is 0 Å². The van der Waals surface area contributed by atoms with Gasteiger partial charge in [-0.3, -0.25) is 32.5 Å². The molecule has 0 saturated carbocycles. The Morgan fingerprint density at radius 3 is 1.97 bits per heavy atom. The van der Waals surface area contributed by atoms with Crippen LogP contribution < -0.4 is 16.4 Å². The van der Waals surface area contributed by atoms with Crippen LogP contribution >= 0.6 is 35.2 Å². The number of unbranched alkanes of at least 4 members (excludes halogenated alkanes) is 16. The summed E-state index contributed by atoms with van der Waals surface area (Å²) in [6.45, 7) is 5.26. The average Bonchev–Trinajstić information content (AvgIpc) is 3.89. The van der Waals surface area contributed by atoms with Crippen LogP contribution in [0.1, 0.15) is 175 Å².